The van der Waals surface area contributed by atoms with Gasteiger partial charge in [-0.25, -0.2) is 0 Å². The quantitative estimate of drug-likeness (QED) is 0.778. The Hall–Kier alpha value is -1.09. The van der Waals surface area contributed by atoms with Gasteiger partial charge in [-0.1, -0.05) is 12.2 Å². The summed E-state index contributed by atoms with van der Waals surface area (Å²) in [5.41, 5.74) is 4.60. The predicted molar refractivity (Wildman–Crippen MR) is 68.0 cm³/mol. The number of benzene rings is 1. The van der Waals surface area contributed by atoms with E-state index in [0.29, 0.717) is 0 Å². The molecular weight excluding hydrogens is 206 g/mol. The van der Waals surface area contributed by atoms with Crippen LogP contribution in [0.1, 0.15) is 22.3 Å². The van der Waals surface area contributed by atoms with Gasteiger partial charge >= 0.3 is 0 Å². The molecule has 0 saturated carbocycles. The third-order valence-electron chi connectivity index (χ3n) is 2.72. The molecule has 0 amide bonds. The zero-order chi connectivity index (χ0) is 11.6. The van der Waals surface area contributed by atoms with Crippen LogP contribution in [0.15, 0.2) is 6.07 Å². The number of ether oxygens (including phenoxy) is 1. The van der Waals surface area contributed by atoms with Crippen LogP contribution in [0, 0.1) is 20.8 Å². The maximum absolute atomic E-state index is 5.31. The van der Waals surface area contributed by atoms with E-state index in [1.54, 1.807) is 7.11 Å². The van der Waals surface area contributed by atoms with Crippen LogP contribution in [0.3, 0.4) is 0 Å². The second kappa shape index (κ2) is 4.62. The molecule has 15 heavy (non-hydrogen) atoms. The Bertz CT molecular complexity index is 399. The normalized spacial score (nSPS) is 9.93. The van der Waals surface area contributed by atoms with E-state index in [1.807, 2.05) is 20.0 Å². The zero-order valence-electron chi connectivity index (χ0n) is 9.89. The first kappa shape index (κ1) is 12.0. The molecule has 2 nitrogen and oxygen atoms in total. The highest BCUT2D eigenvalue weighted by atomic mass is 32.1. The lowest BCUT2D eigenvalue weighted by Crippen LogP contribution is -2.19. The molecule has 1 aromatic rings. The maximum Gasteiger partial charge on any atom is 0.122 e. The molecule has 0 unspecified atom stereocenters. The third kappa shape index (κ3) is 2.12. The summed E-state index contributed by atoms with van der Waals surface area (Å²) in [5.74, 6) is 0.924. The average Bonchev–Trinajstić information content (AvgIpc) is 2.23. The molecule has 0 heterocycles. The number of hydrogen-bond acceptors (Lipinski definition) is 2. The number of hydrogen-bond donors (Lipinski definition) is 1. The number of aryl methyl sites for hydroxylation is 1. The van der Waals surface area contributed by atoms with Crippen molar-refractivity contribution in [1.82, 2.24) is 5.32 Å². The Balaban J connectivity index is 3.42. The topological polar surface area (TPSA) is 21.3 Å². The van der Waals surface area contributed by atoms with Crippen molar-refractivity contribution >= 4 is 17.2 Å². The standard InChI is InChI=1S/C12H17NOS/c1-7-6-10(14-5)8(2)9(3)11(7)12(15)13-4/h6H,1-5H3,(H,13,15). The molecule has 3 heteroatoms. The molecule has 82 valence electrons. The van der Waals surface area contributed by atoms with Gasteiger partial charge in [0.15, 0.2) is 0 Å². The van der Waals surface area contributed by atoms with Gasteiger partial charge in [-0.15, -0.1) is 0 Å². The van der Waals surface area contributed by atoms with Crippen molar-refractivity contribution in [1.29, 1.82) is 0 Å². The number of thiocarbonyl (C=S) groups is 1. The van der Waals surface area contributed by atoms with Crippen LogP contribution in [-0.4, -0.2) is 19.1 Å². The molecule has 1 aromatic carbocycles. The van der Waals surface area contributed by atoms with Crippen molar-refractivity contribution in [3.63, 3.8) is 0 Å². The molecule has 0 fully saturated rings. The van der Waals surface area contributed by atoms with Gasteiger partial charge in [0, 0.05) is 12.6 Å². The summed E-state index contributed by atoms with van der Waals surface area (Å²) in [5, 5.41) is 3.02. The van der Waals surface area contributed by atoms with Gasteiger partial charge in [0.1, 0.15) is 10.7 Å². The van der Waals surface area contributed by atoms with Crippen LogP contribution < -0.4 is 10.1 Å². The van der Waals surface area contributed by atoms with Gasteiger partial charge in [-0.3, -0.25) is 0 Å². The summed E-state index contributed by atoms with van der Waals surface area (Å²) in [4.78, 5) is 0.788. The van der Waals surface area contributed by atoms with E-state index in [0.717, 1.165) is 27.4 Å². The Kier molecular flexibility index (Phi) is 3.69. The first-order valence-corrected chi connectivity index (χ1v) is 5.30. The van der Waals surface area contributed by atoms with E-state index in [9.17, 15) is 0 Å². The van der Waals surface area contributed by atoms with E-state index < -0.39 is 0 Å². The van der Waals surface area contributed by atoms with Gasteiger partial charge < -0.3 is 10.1 Å². The number of nitrogens with one attached hydrogen (secondary N) is 1. The first-order chi connectivity index (χ1) is 7.02. The SMILES string of the molecule is CNC(=S)c1c(C)cc(OC)c(C)c1C. The average molecular weight is 223 g/mol. The summed E-state index contributed by atoms with van der Waals surface area (Å²) >= 11 is 5.28. The Morgan fingerprint density at radius 1 is 1.27 bits per heavy atom. The lowest BCUT2D eigenvalue weighted by molar-refractivity contribution is 0.411. The van der Waals surface area contributed by atoms with Crippen molar-refractivity contribution in [3.8, 4) is 5.75 Å². The van der Waals surface area contributed by atoms with E-state index in [-0.39, 0.29) is 0 Å². The van der Waals surface area contributed by atoms with Crippen LogP contribution in [-0.2, 0) is 0 Å². The molecular formula is C12H17NOS. The summed E-state index contributed by atoms with van der Waals surface area (Å²) in [7, 11) is 3.54. The fourth-order valence-corrected chi connectivity index (χ4v) is 2.05. The summed E-state index contributed by atoms with van der Waals surface area (Å²) in [6.45, 7) is 6.17. The van der Waals surface area contributed by atoms with Crippen molar-refractivity contribution < 1.29 is 4.74 Å². The Labute approximate surface area is 96.6 Å². The lowest BCUT2D eigenvalue weighted by atomic mass is 9.97. The van der Waals surface area contributed by atoms with Crippen LogP contribution in [0.2, 0.25) is 0 Å². The zero-order valence-corrected chi connectivity index (χ0v) is 10.7. The van der Waals surface area contributed by atoms with Crippen LogP contribution in [0.4, 0.5) is 0 Å². The minimum absolute atomic E-state index is 0.788. The molecule has 0 aliphatic heterocycles. The number of rotatable bonds is 2. The predicted octanol–water partition coefficient (Wildman–Crippen LogP) is 2.52. The van der Waals surface area contributed by atoms with Crippen LogP contribution in [0.25, 0.3) is 0 Å². The van der Waals surface area contributed by atoms with Gasteiger partial charge in [0.25, 0.3) is 0 Å². The third-order valence-corrected chi connectivity index (χ3v) is 3.13. The van der Waals surface area contributed by atoms with Gasteiger partial charge in [0.2, 0.25) is 0 Å². The maximum atomic E-state index is 5.31. The van der Waals surface area contributed by atoms with E-state index >= 15 is 0 Å². The van der Waals surface area contributed by atoms with Crippen molar-refractivity contribution in [2.24, 2.45) is 0 Å². The van der Waals surface area contributed by atoms with Gasteiger partial charge in [0.05, 0.1) is 7.11 Å². The monoisotopic (exact) mass is 223 g/mol. The molecule has 0 spiro atoms. The molecule has 1 rings (SSSR count). The van der Waals surface area contributed by atoms with Crippen LogP contribution in [0.5, 0.6) is 5.75 Å². The molecule has 0 aromatic heterocycles. The molecule has 0 bridgehead atoms. The Morgan fingerprint density at radius 3 is 2.33 bits per heavy atom. The van der Waals surface area contributed by atoms with E-state index in [2.05, 4.69) is 19.2 Å². The lowest BCUT2D eigenvalue weighted by Gasteiger charge is -2.16. The Morgan fingerprint density at radius 2 is 1.87 bits per heavy atom. The summed E-state index contributed by atoms with van der Waals surface area (Å²) in [6.07, 6.45) is 0. The second-order valence-corrected chi connectivity index (χ2v) is 4.01. The van der Waals surface area contributed by atoms with Crippen molar-refractivity contribution in [2.75, 3.05) is 14.2 Å². The summed E-state index contributed by atoms with van der Waals surface area (Å²) in [6, 6.07) is 2.03. The smallest absolute Gasteiger partial charge is 0.122 e. The summed E-state index contributed by atoms with van der Waals surface area (Å²) < 4.78 is 5.31. The van der Waals surface area contributed by atoms with Crippen molar-refractivity contribution in [2.45, 2.75) is 20.8 Å². The van der Waals surface area contributed by atoms with E-state index in [1.165, 1.54) is 5.56 Å². The molecule has 0 aliphatic carbocycles. The fourth-order valence-electron chi connectivity index (χ4n) is 1.73. The molecule has 0 saturated heterocycles. The first-order valence-electron chi connectivity index (χ1n) is 4.89. The second-order valence-electron chi connectivity index (χ2n) is 3.60. The van der Waals surface area contributed by atoms with Crippen molar-refractivity contribution in [3.05, 3.63) is 28.3 Å². The highest BCUT2D eigenvalue weighted by molar-refractivity contribution is 7.80. The van der Waals surface area contributed by atoms with Gasteiger partial charge in [-0.2, -0.15) is 0 Å². The minimum atomic E-state index is 0.788. The van der Waals surface area contributed by atoms with Crippen LogP contribution >= 0.6 is 12.2 Å². The molecule has 0 radical (unpaired) electrons. The largest absolute Gasteiger partial charge is 0.496 e. The number of methoxy groups -OCH3 is 1. The minimum Gasteiger partial charge on any atom is -0.496 e. The fraction of sp³-hybridized carbons (Fsp3) is 0.417. The molecule has 1 N–H and O–H groups in total. The molecule has 0 aliphatic rings. The highest BCUT2D eigenvalue weighted by Crippen LogP contribution is 2.27. The van der Waals surface area contributed by atoms with Gasteiger partial charge in [-0.05, 0) is 43.5 Å². The highest BCUT2D eigenvalue weighted by Gasteiger charge is 2.12. The van der Waals surface area contributed by atoms with E-state index in [4.69, 9.17) is 17.0 Å². The molecule has 0 atom stereocenters.